The van der Waals surface area contributed by atoms with Crippen LogP contribution in [0.15, 0.2) is 24.4 Å². The van der Waals surface area contributed by atoms with Crippen LogP contribution in [0.3, 0.4) is 0 Å². The van der Waals surface area contributed by atoms with Crippen LogP contribution in [-0.4, -0.2) is 16.9 Å². The summed E-state index contributed by atoms with van der Waals surface area (Å²) in [5, 5.41) is 7.97. The average molecular weight is 289 g/mol. The van der Waals surface area contributed by atoms with Gasteiger partial charge in [0.05, 0.1) is 12.8 Å². The maximum Gasteiger partial charge on any atom is 0.165 e. The van der Waals surface area contributed by atoms with Gasteiger partial charge < -0.3 is 10.1 Å². The van der Waals surface area contributed by atoms with Crippen molar-refractivity contribution in [2.75, 3.05) is 7.11 Å². The number of ether oxygens (including phenoxy) is 1. The number of nitrogens with one attached hydrogen (secondary N) is 1. The molecule has 0 saturated heterocycles. The van der Waals surface area contributed by atoms with Crippen LogP contribution in [0.2, 0.25) is 0 Å². The summed E-state index contributed by atoms with van der Waals surface area (Å²) >= 11 is 0. The van der Waals surface area contributed by atoms with Crippen molar-refractivity contribution < 1.29 is 9.13 Å². The Morgan fingerprint density at radius 1 is 1.48 bits per heavy atom. The number of fused-ring (bicyclic) bond motifs is 1. The van der Waals surface area contributed by atoms with Gasteiger partial charge in [0.15, 0.2) is 11.6 Å². The first-order valence-corrected chi connectivity index (χ1v) is 7.33. The fraction of sp³-hybridized carbons (Fsp3) is 0.438. The molecule has 2 aromatic rings. The fourth-order valence-electron chi connectivity index (χ4n) is 2.88. The second-order valence-corrected chi connectivity index (χ2v) is 5.32. The molecule has 0 fully saturated rings. The molecule has 1 atom stereocenters. The van der Waals surface area contributed by atoms with E-state index >= 15 is 0 Å². The molecular formula is C16H20FN3O. The normalized spacial score (nSPS) is 17.0. The van der Waals surface area contributed by atoms with E-state index in [0.717, 1.165) is 42.8 Å². The van der Waals surface area contributed by atoms with Crippen molar-refractivity contribution in [2.24, 2.45) is 0 Å². The minimum atomic E-state index is -0.279. The smallest absolute Gasteiger partial charge is 0.165 e. The van der Waals surface area contributed by atoms with Crippen molar-refractivity contribution in [2.45, 2.75) is 38.9 Å². The highest BCUT2D eigenvalue weighted by Crippen LogP contribution is 2.35. The lowest BCUT2D eigenvalue weighted by molar-refractivity contribution is 0.385. The van der Waals surface area contributed by atoms with E-state index in [0.29, 0.717) is 5.75 Å². The summed E-state index contributed by atoms with van der Waals surface area (Å²) < 4.78 is 20.7. The van der Waals surface area contributed by atoms with E-state index in [2.05, 4.69) is 17.3 Å². The van der Waals surface area contributed by atoms with Crippen molar-refractivity contribution in [1.29, 1.82) is 0 Å². The van der Waals surface area contributed by atoms with Gasteiger partial charge in [-0.15, -0.1) is 0 Å². The van der Waals surface area contributed by atoms with Crippen LogP contribution in [0.25, 0.3) is 0 Å². The fourth-order valence-corrected chi connectivity index (χ4v) is 2.88. The SMILES string of the molecule is CCn1ccc(CNC2CCc3cc(F)c(OC)cc32)n1. The van der Waals surface area contributed by atoms with E-state index in [4.69, 9.17) is 4.74 Å². The largest absolute Gasteiger partial charge is 0.494 e. The number of hydrogen-bond donors (Lipinski definition) is 1. The summed E-state index contributed by atoms with van der Waals surface area (Å²) in [5.41, 5.74) is 3.24. The quantitative estimate of drug-likeness (QED) is 0.920. The van der Waals surface area contributed by atoms with E-state index in [-0.39, 0.29) is 11.9 Å². The monoisotopic (exact) mass is 289 g/mol. The molecule has 1 unspecified atom stereocenters. The third-order valence-corrected chi connectivity index (χ3v) is 4.04. The summed E-state index contributed by atoms with van der Waals surface area (Å²) in [5.74, 6) is 0.0382. The molecule has 1 heterocycles. The van der Waals surface area contributed by atoms with Gasteiger partial charge in [-0.05, 0) is 49.1 Å². The Bertz CT molecular complexity index is 638. The molecule has 0 bridgehead atoms. The van der Waals surface area contributed by atoms with Gasteiger partial charge in [0.25, 0.3) is 0 Å². The minimum absolute atomic E-state index is 0.237. The number of halogens is 1. The maximum atomic E-state index is 13.7. The second-order valence-electron chi connectivity index (χ2n) is 5.32. The van der Waals surface area contributed by atoms with Crippen molar-refractivity contribution in [3.63, 3.8) is 0 Å². The Balaban J connectivity index is 1.72. The van der Waals surface area contributed by atoms with Gasteiger partial charge in [-0.3, -0.25) is 4.68 Å². The standard InChI is InChI=1S/C16H20FN3O/c1-3-20-7-6-12(19-20)10-18-15-5-4-11-8-14(17)16(21-2)9-13(11)15/h6-9,15,18H,3-5,10H2,1-2H3. The third-order valence-electron chi connectivity index (χ3n) is 4.04. The number of aryl methyl sites for hydroxylation is 2. The molecule has 0 radical (unpaired) electrons. The van der Waals surface area contributed by atoms with E-state index in [9.17, 15) is 4.39 Å². The number of hydrogen-bond acceptors (Lipinski definition) is 3. The van der Waals surface area contributed by atoms with Crippen LogP contribution < -0.4 is 10.1 Å². The zero-order valence-electron chi connectivity index (χ0n) is 12.4. The highest BCUT2D eigenvalue weighted by atomic mass is 19.1. The highest BCUT2D eigenvalue weighted by Gasteiger charge is 2.24. The van der Waals surface area contributed by atoms with Crippen LogP contribution in [0.4, 0.5) is 4.39 Å². The average Bonchev–Trinajstić information content (AvgIpc) is 3.10. The molecule has 0 amide bonds. The molecule has 1 N–H and O–H groups in total. The van der Waals surface area contributed by atoms with Gasteiger partial charge in [-0.25, -0.2) is 4.39 Å². The number of rotatable bonds is 5. The number of methoxy groups -OCH3 is 1. The Morgan fingerprint density at radius 3 is 3.05 bits per heavy atom. The van der Waals surface area contributed by atoms with Crippen molar-refractivity contribution >= 4 is 0 Å². The summed E-state index contributed by atoms with van der Waals surface area (Å²) in [4.78, 5) is 0. The van der Waals surface area contributed by atoms with Gasteiger partial charge >= 0.3 is 0 Å². The molecule has 3 rings (SSSR count). The van der Waals surface area contributed by atoms with Gasteiger partial charge in [0, 0.05) is 25.3 Å². The van der Waals surface area contributed by atoms with Crippen LogP contribution >= 0.6 is 0 Å². The van der Waals surface area contributed by atoms with Gasteiger partial charge in [-0.1, -0.05) is 0 Å². The van der Waals surface area contributed by atoms with E-state index in [1.165, 1.54) is 7.11 Å². The van der Waals surface area contributed by atoms with Crippen LogP contribution in [-0.2, 0) is 19.5 Å². The molecule has 21 heavy (non-hydrogen) atoms. The molecular weight excluding hydrogens is 269 g/mol. The van der Waals surface area contributed by atoms with Crippen LogP contribution in [0.1, 0.15) is 36.2 Å². The molecule has 1 aliphatic carbocycles. The van der Waals surface area contributed by atoms with E-state index < -0.39 is 0 Å². The van der Waals surface area contributed by atoms with Gasteiger partial charge in [0.2, 0.25) is 0 Å². The Morgan fingerprint density at radius 2 is 2.33 bits per heavy atom. The van der Waals surface area contributed by atoms with Crippen molar-refractivity contribution in [3.8, 4) is 5.75 Å². The summed E-state index contributed by atoms with van der Waals surface area (Å²) in [6.45, 7) is 3.66. The number of benzene rings is 1. The maximum absolute atomic E-state index is 13.7. The first-order chi connectivity index (χ1) is 10.2. The Hall–Kier alpha value is -1.88. The topological polar surface area (TPSA) is 39.1 Å². The van der Waals surface area contributed by atoms with Crippen molar-refractivity contribution in [1.82, 2.24) is 15.1 Å². The van der Waals surface area contributed by atoms with E-state index in [1.54, 1.807) is 6.07 Å². The summed E-state index contributed by atoms with van der Waals surface area (Å²) in [6, 6.07) is 5.68. The molecule has 0 spiro atoms. The van der Waals surface area contributed by atoms with Crippen molar-refractivity contribution in [3.05, 3.63) is 47.0 Å². The third kappa shape index (κ3) is 2.78. The van der Waals surface area contributed by atoms with Crippen LogP contribution in [0.5, 0.6) is 5.75 Å². The lowest BCUT2D eigenvalue weighted by atomic mass is 10.1. The van der Waals surface area contributed by atoms with E-state index in [1.807, 2.05) is 23.0 Å². The predicted molar refractivity (Wildman–Crippen MR) is 78.8 cm³/mol. The number of aromatic nitrogens is 2. The molecule has 1 aliphatic rings. The summed E-state index contributed by atoms with van der Waals surface area (Å²) in [6.07, 6.45) is 3.87. The first-order valence-electron chi connectivity index (χ1n) is 7.33. The van der Waals surface area contributed by atoms with Crippen LogP contribution in [0, 0.1) is 5.82 Å². The lowest BCUT2D eigenvalue weighted by Crippen LogP contribution is -2.19. The molecule has 0 aliphatic heterocycles. The minimum Gasteiger partial charge on any atom is -0.494 e. The van der Waals surface area contributed by atoms with Gasteiger partial charge in [-0.2, -0.15) is 5.10 Å². The second kappa shape index (κ2) is 5.85. The predicted octanol–water partition coefficient (Wildman–Crippen LogP) is 2.83. The zero-order chi connectivity index (χ0) is 14.8. The number of nitrogens with zero attached hydrogens (tertiary/aromatic N) is 2. The molecule has 1 aromatic carbocycles. The molecule has 5 heteroatoms. The Labute approximate surface area is 123 Å². The lowest BCUT2D eigenvalue weighted by Gasteiger charge is -2.14. The first kappa shape index (κ1) is 14.1. The zero-order valence-corrected chi connectivity index (χ0v) is 12.4. The molecule has 0 saturated carbocycles. The van der Waals surface area contributed by atoms with Gasteiger partial charge in [0.1, 0.15) is 0 Å². The Kier molecular flexibility index (Phi) is 3.92. The molecule has 4 nitrogen and oxygen atoms in total. The molecule has 112 valence electrons. The highest BCUT2D eigenvalue weighted by molar-refractivity contribution is 5.41. The molecule has 1 aromatic heterocycles. The summed E-state index contributed by atoms with van der Waals surface area (Å²) in [7, 11) is 1.50.